The van der Waals surface area contributed by atoms with Crippen molar-refractivity contribution in [3.05, 3.63) is 34.3 Å². The number of carbonyl (C=O) groups excluding carboxylic acids is 3. The van der Waals surface area contributed by atoms with Gasteiger partial charge in [-0.05, 0) is 19.4 Å². The SMILES string of the molecule is CCCNC(=O)CN1C(=O)N[C@](C)(c2ccccc2Br)C1=O. The van der Waals surface area contributed by atoms with E-state index in [0.29, 0.717) is 12.1 Å². The standard InChI is InChI=1S/C15H18BrN3O3/c1-3-8-17-12(20)9-19-13(21)15(2,18-14(19)22)10-6-4-5-7-11(10)16/h4-7H,3,8-9H2,1-2H3,(H,17,20)(H,18,22)/t15-/m1/s1. The van der Waals surface area contributed by atoms with Crippen LogP contribution in [0.4, 0.5) is 4.79 Å². The van der Waals surface area contributed by atoms with Gasteiger partial charge in [0, 0.05) is 16.6 Å². The number of halogens is 1. The second-order valence-corrected chi connectivity index (χ2v) is 6.13. The number of nitrogens with zero attached hydrogens (tertiary/aromatic N) is 1. The molecule has 0 spiro atoms. The third-order valence-electron chi connectivity index (χ3n) is 3.56. The fourth-order valence-corrected chi connectivity index (χ4v) is 3.04. The number of imide groups is 1. The minimum Gasteiger partial charge on any atom is -0.355 e. The summed E-state index contributed by atoms with van der Waals surface area (Å²) in [6, 6.07) is 6.63. The summed E-state index contributed by atoms with van der Waals surface area (Å²) in [4.78, 5) is 37.5. The molecule has 1 atom stereocenters. The molecular formula is C15H18BrN3O3. The van der Waals surface area contributed by atoms with Crippen molar-refractivity contribution < 1.29 is 14.4 Å². The fourth-order valence-electron chi connectivity index (χ4n) is 2.35. The lowest BCUT2D eigenvalue weighted by Gasteiger charge is -2.23. The first-order valence-corrected chi connectivity index (χ1v) is 7.85. The van der Waals surface area contributed by atoms with Gasteiger partial charge >= 0.3 is 6.03 Å². The van der Waals surface area contributed by atoms with E-state index in [0.717, 1.165) is 15.8 Å². The van der Waals surface area contributed by atoms with E-state index in [4.69, 9.17) is 0 Å². The van der Waals surface area contributed by atoms with Crippen LogP contribution in [0, 0.1) is 0 Å². The molecule has 1 heterocycles. The van der Waals surface area contributed by atoms with Gasteiger partial charge in [0.2, 0.25) is 5.91 Å². The highest BCUT2D eigenvalue weighted by molar-refractivity contribution is 9.10. The average Bonchev–Trinajstić information content (AvgIpc) is 2.70. The molecule has 118 valence electrons. The number of hydrogen-bond donors (Lipinski definition) is 2. The van der Waals surface area contributed by atoms with Crippen LogP contribution < -0.4 is 10.6 Å². The van der Waals surface area contributed by atoms with Gasteiger partial charge in [0.05, 0.1) is 0 Å². The van der Waals surface area contributed by atoms with Crippen LogP contribution in [0.15, 0.2) is 28.7 Å². The second kappa shape index (κ2) is 6.48. The van der Waals surface area contributed by atoms with Crippen LogP contribution >= 0.6 is 15.9 Å². The van der Waals surface area contributed by atoms with Crippen LogP contribution in [-0.2, 0) is 15.1 Å². The van der Waals surface area contributed by atoms with Gasteiger partial charge in [-0.2, -0.15) is 0 Å². The van der Waals surface area contributed by atoms with Crippen molar-refractivity contribution in [3.63, 3.8) is 0 Å². The zero-order chi connectivity index (χ0) is 16.3. The molecule has 7 heteroatoms. The van der Waals surface area contributed by atoms with Gasteiger partial charge in [-0.3, -0.25) is 14.5 Å². The van der Waals surface area contributed by atoms with E-state index in [2.05, 4.69) is 26.6 Å². The Labute approximate surface area is 137 Å². The second-order valence-electron chi connectivity index (χ2n) is 5.28. The molecule has 2 N–H and O–H groups in total. The summed E-state index contributed by atoms with van der Waals surface area (Å²) in [5.74, 6) is -0.780. The Morgan fingerprint density at radius 1 is 1.36 bits per heavy atom. The van der Waals surface area contributed by atoms with Crippen LogP contribution in [0.3, 0.4) is 0 Å². The van der Waals surface area contributed by atoms with Gasteiger partial charge < -0.3 is 10.6 Å². The van der Waals surface area contributed by atoms with E-state index in [-0.39, 0.29) is 12.5 Å². The number of hydrogen-bond acceptors (Lipinski definition) is 3. The van der Waals surface area contributed by atoms with E-state index in [1.165, 1.54) is 0 Å². The molecule has 0 aromatic heterocycles. The van der Waals surface area contributed by atoms with Crippen molar-refractivity contribution >= 4 is 33.8 Å². The Bertz CT molecular complexity index is 620. The average molecular weight is 368 g/mol. The molecule has 1 aliphatic heterocycles. The van der Waals surface area contributed by atoms with Crippen LogP contribution in [0.25, 0.3) is 0 Å². The van der Waals surface area contributed by atoms with Crippen molar-refractivity contribution in [3.8, 4) is 0 Å². The van der Waals surface area contributed by atoms with Crippen molar-refractivity contribution in [2.75, 3.05) is 13.1 Å². The van der Waals surface area contributed by atoms with Gasteiger partial charge in [-0.25, -0.2) is 4.79 Å². The lowest BCUT2D eigenvalue weighted by molar-refractivity contribution is -0.134. The van der Waals surface area contributed by atoms with Gasteiger partial charge in [-0.15, -0.1) is 0 Å². The molecule has 1 fully saturated rings. The number of benzene rings is 1. The van der Waals surface area contributed by atoms with Crippen molar-refractivity contribution in [1.82, 2.24) is 15.5 Å². The minimum atomic E-state index is -1.18. The molecule has 0 saturated carbocycles. The van der Waals surface area contributed by atoms with E-state index in [1.807, 2.05) is 13.0 Å². The smallest absolute Gasteiger partial charge is 0.325 e. The molecule has 0 unspecified atom stereocenters. The number of nitrogens with one attached hydrogen (secondary N) is 2. The molecular weight excluding hydrogens is 350 g/mol. The van der Waals surface area contributed by atoms with Gasteiger partial charge in [-0.1, -0.05) is 41.1 Å². The van der Waals surface area contributed by atoms with Gasteiger partial charge in [0.15, 0.2) is 0 Å². The van der Waals surface area contributed by atoms with E-state index >= 15 is 0 Å². The maximum absolute atomic E-state index is 12.6. The lowest BCUT2D eigenvalue weighted by Crippen LogP contribution is -2.43. The molecule has 1 saturated heterocycles. The van der Waals surface area contributed by atoms with E-state index < -0.39 is 17.5 Å². The number of amides is 4. The molecule has 4 amide bonds. The molecule has 0 bridgehead atoms. The Kier molecular flexibility index (Phi) is 4.85. The van der Waals surface area contributed by atoms with E-state index in [9.17, 15) is 14.4 Å². The highest BCUT2D eigenvalue weighted by Gasteiger charge is 2.50. The Hall–Kier alpha value is -1.89. The maximum atomic E-state index is 12.6. The van der Waals surface area contributed by atoms with Crippen molar-refractivity contribution in [1.29, 1.82) is 0 Å². The molecule has 0 aliphatic carbocycles. The predicted octanol–water partition coefficient (Wildman–Crippen LogP) is 1.74. The Balaban J connectivity index is 2.21. The summed E-state index contributed by atoms with van der Waals surface area (Å²) in [5.41, 5.74) is -0.521. The van der Waals surface area contributed by atoms with Crippen molar-refractivity contribution in [2.24, 2.45) is 0 Å². The quantitative estimate of drug-likeness (QED) is 0.778. The zero-order valence-electron chi connectivity index (χ0n) is 12.5. The number of rotatable bonds is 5. The highest BCUT2D eigenvalue weighted by atomic mass is 79.9. The molecule has 1 aromatic rings. The lowest BCUT2D eigenvalue weighted by atomic mass is 9.92. The highest BCUT2D eigenvalue weighted by Crippen LogP contribution is 2.33. The van der Waals surface area contributed by atoms with Crippen LogP contribution in [0.5, 0.6) is 0 Å². The topological polar surface area (TPSA) is 78.5 Å². The summed E-state index contributed by atoms with van der Waals surface area (Å²) in [6.45, 7) is 3.81. The molecule has 6 nitrogen and oxygen atoms in total. The molecule has 22 heavy (non-hydrogen) atoms. The molecule has 1 aromatic carbocycles. The summed E-state index contributed by atoms with van der Waals surface area (Å²) in [6.07, 6.45) is 0.792. The number of urea groups is 1. The van der Waals surface area contributed by atoms with Crippen LogP contribution in [-0.4, -0.2) is 35.8 Å². The normalized spacial score (nSPS) is 21.0. The number of carbonyl (C=O) groups is 3. The summed E-state index contributed by atoms with van der Waals surface area (Å²) in [7, 11) is 0. The van der Waals surface area contributed by atoms with Crippen LogP contribution in [0.1, 0.15) is 25.8 Å². The predicted molar refractivity (Wildman–Crippen MR) is 85.0 cm³/mol. The Morgan fingerprint density at radius 3 is 2.68 bits per heavy atom. The first kappa shape index (κ1) is 16.5. The molecule has 2 rings (SSSR count). The first-order valence-electron chi connectivity index (χ1n) is 7.06. The van der Waals surface area contributed by atoms with Crippen molar-refractivity contribution in [2.45, 2.75) is 25.8 Å². The third kappa shape index (κ3) is 2.99. The first-order chi connectivity index (χ1) is 10.4. The summed E-state index contributed by atoms with van der Waals surface area (Å²) >= 11 is 3.39. The Morgan fingerprint density at radius 2 is 2.05 bits per heavy atom. The summed E-state index contributed by atoms with van der Waals surface area (Å²) in [5, 5.41) is 5.33. The molecule has 1 aliphatic rings. The van der Waals surface area contributed by atoms with Gasteiger partial charge in [0.1, 0.15) is 12.1 Å². The van der Waals surface area contributed by atoms with Gasteiger partial charge in [0.25, 0.3) is 5.91 Å². The minimum absolute atomic E-state index is 0.273. The largest absolute Gasteiger partial charge is 0.355 e. The third-order valence-corrected chi connectivity index (χ3v) is 4.25. The van der Waals surface area contributed by atoms with Crippen LogP contribution in [0.2, 0.25) is 0 Å². The van der Waals surface area contributed by atoms with E-state index in [1.54, 1.807) is 25.1 Å². The molecule has 0 radical (unpaired) electrons. The monoisotopic (exact) mass is 367 g/mol. The summed E-state index contributed by atoms with van der Waals surface area (Å²) < 4.78 is 0.725. The zero-order valence-corrected chi connectivity index (χ0v) is 14.1. The maximum Gasteiger partial charge on any atom is 0.325 e. The fraction of sp³-hybridized carbons (Fsp3) is 0.400.